The third-order valence-corrected chi connectivity index (χ3v) is 5.04. The van der Waals surface area contributed by atoms with Gasteiger partial charge in [-0.05, 0) is 49.3 Å². The molecule has 1 fully saturated rings. The highest BCUT2D eigenvalue weighted by Gasteiger charge is 2.22. The molecule has 2 heteroatoms. The summed E-state index contributed by atoms with van der Waals surface area (Å²) in [5.74, 6) is 3.58. The Bertz CT molecular complexity index is 423. The minimum Gasteiger partial charge on any atom is -0.493 e. The van der Waals surface area contributed by atoms with Gasteiger partial charge in [-0.3, -0.25) is 0 Å². The van der Waals surface area contributed by atoms with Crippen LogP contribution in [-0.4, -0.2) is 19.7 Å². The number of para-hydroxylation sites is 1. The molecule has 0 aromatic heterocycles. The van der Waals surface area contributed by atoms with E-state index in [4.69, 9.17) is 4.74 Å². The fraction of sp³-hybridized carbons (Fsp3) is 0.667. The summed E-state index contributed by atoms with van der Waals surface area (Å²) in [7, 11) is 0. The minimum atomic E-state index is 0.627. The van der Waals surface area contributed by atoms with Crippen LogP contribution in [0.4, 0.5) is 0 Å². The van der Waals surface area contributed by atoms with E-state index in [0.717, 1.165) is 37.2 Å². The lowest BCUT2D eigenvalue weighted by Gasteiger charge is -2.29. The van der Waals surface area contributed by atoms with Gasteiger partial charge < -0.3 is 10.1 Å². The van der Waals surface area contributed by atoms with Crippen LogP contribution >= 0.6 is 0 Å². The van der Waals surface area contributed by atoms with E-state index in [9.17, 15) is 0 Å². The zero-order chi connectivity index (χ0) is 13.8. The molecule has 1 aromatic carbocycles. The van der Waals surface area contributed by atoms with Crippen molar-refractivity contribution in [2.75, 3.05) is 19.7 Å². The molecule has 1 aliphatic heterocycles. The monoisotopic (exact) mass is 273 g/mol. The number of fused-ring (bicyclic) bond motifs is 1. The average Bonchev–Trinajstić information content (AvgIpc) is 2.49. The first kappa shape index (κ1) is 13.9. The van der Waals surface area contributed by atoms with Crippen molar-refractivity contribution in [1.29, 1.82) is 0 Å². The van der Waals surface area contributed by atoms with Gasteiger partial charge in [0.1, 0.15) is 5.75 Å². The first-order chi connectivity index (χ1) is 9.83. The number of ether oxygens (including phenoxy) is 1. The van der Waals surface area contributed by atoms with Gasteiger partial charge in [-0.15, -0.1) is 0 Å². The smallest absolute Gasteiger partial charge is 0.122 e. The lowest BCUT2D eigenvalue weighted by atomic mass is 9.83. The molecular formula is C18H27NO. The molecule has 1 aromatic rings. The van der Waals surface area contributed by atoms with Gasteiger partial charge in [-0.25, -0.2) is 0 Å². The third kappa shape index (κ3) is 3.35. The Balaban J connectivity index is 1.47. The van der Waals surface area contributed by atoms with E-state index in [-0.39, 0.29) is 0 Å². The van der Waals surface area contributed by atoms with Crippen molar-refractivity contribution in [3.05, 3.63) is 29.8 Å². The zero-order valence-electron chi connectivity index (χ0n) is 12.6. The van der Waals surface area contributed by atoms with Gasteiger partial charge in [0.15, 0.2) is 0 Å². The van der Waals surface area contributed by atoms with Crippen LogP contribution in [0.15, 0.2) is 24.3 Å². The summed E-state index contributed by atoms with van der Waals surface area (Å²) < 4.78 is 5.73. The lowest BCUT2D eigenvalue weighted by Crippen LogP contribution is -2.31. The molecule has 1 N–H and O–H groups in total. The predicted molar refractivity (Wildman–Crippen MR) is 83.3 cm³/mol. The molecule has 110 valence electrons. The van der Waals surface area contributed by atoms with Gasteiger partial charge in [0, 0.05) is 12.5 Å². The number of hydrogen-bond donors (Lipinski definition) is 1. The van der Waals surface area contributed by atoms with Gasteiger partial charge in [-0.2, -0.15) is 0 Å². The Labute approximate surface area is 122 Å². The number of nitrogens with one attached hydrogen (secondary N) is 1. The zero-order valence-corrected chi connectivity index (χ0v) is 12.6. The first-order valence-corrected chi connectivity index (χ1v) is 8.25. The highest BCUT2D eigenvalue weighted by atomic mass is 16.5. The van der Waals surface area contributed by atoms with Crippen molar-refractivity contribution >= 4 is 0 Å². The van der Waals surface area contributed by atoms with Crippen LogP contribution in [0.2, 0.25) is 0 Å². The lowest BCUT2D eigenvalue weighted by molar-refractivity contribution is 0.255. The molecule has 1 saturated carbocycles. The number of hydrogen-bond acceptors (Lipinski definition) is 2. The normalized spacial score (nSPS) is 29.6. The quantitative estimate of drug-likeness (QED) is 0.896. The standard InChI is InChI=1S/C18H27NO/c1-14-6-8-15(9-7-14)12-19-13-16-10-11-20-18-5-3-2-4-17(16)18/h2-5,14-16,19H,6-13H2,1H3. The number of benzene rings is 1. The largest absolute Gasteiger partial charge is 0.493 e. The number of rotatable bonds is 4. The maximum Gasteiger partial charge on any atom is 0.122 e. The predicted octanol–water partition coefficient (Wildman–Crippen LogP) is 3.97. The SMILES string of the molecule is CC1CCC(CNCC2CCOc3ccccc32)CC1. The van der Waals surface area contributed by atoms with E-state index in [1.54, 1.807) is 0 Å². The fourth-order valence-electron chi connectivity index (χ4n) is 3.62. The second kappa shape index (κ2) is 6.62. The van der Waals surface area contributed by atoms with Gasteiger partial charge in [0.05, 0.1) is 6.61 Å². The van der Waals surface area contributed by atoms with E-state index >= 15 is 0 Å². The highest BCUT2D eigenvalue weighted by Crippen LogP contribution is 2.33. The van der Waals surface area contributed by atoms with Crippen molar-refractivity contribution in [3.63, 3.8) is 0 Å². The molecule has 0 amide bonds. The van der Waals surface area contributed by atoms with Gasteiger partial charge in [-0.1, -0.05) is 38.0 Å². The molecular weight excluding hydrogens is 246 g/mol. The summed E-state index contributed by atoms with van der Waals surface area (Å²) in [6.45, 7) is 5.56. The van der Waals surface area contributed by atoms with E-state index < -0.39 is 0 Å². The van der Waals surface area contributed by atoms with Crippen LogP contribution in [0.25, 0.3) is 0 Å². The van der Waals surface area contributed by atoms with E-state index in [1.165, 1.54) is 37.8 Å². The molecule has 2 nitrogen and oxygen atoms in total. The van der Waals surface area contributed by atoms with Crippen LogP contribution in [0.5, 0.6) is 5.75 Å². The van der Waals surface area contributed by atoms with Crippen molar-refractivity contribution < 1.29 is 4.74 Å². The first-order valence-electron chi connectivity index (χ1n) is 8.25. The van der Waals surface area contributed by atoms with E-state index in [1.807, 2.05) is 0 Å². The second-order valence-electron chi connectivity index (χ2n) is 6.66. The third-order valence-electron chi connectivity index (χ3n) is 5.04. The molecule has 1 heterocycles. The Kier molecular flexibility index (Phi) is 4.62. The Morgan fingerprint density at radius 3 is 2.70 bits per heavy atom. The van der Waals surface area contributed by atoms with Crippen molar-refractivity contribution in [1.82, 2.24) is 5.32 Å². The van der Waals surface area contributed by atoms with Crippen LogP contribution < -0.4 is 10.1 Å². The van der Waals surface area contributed by atoms with Crippen LogP contribution in [0.3, 0.4) is 0 Å². The Morgan fingerprint density at radius 1 is 1.05 bits per heavy atom. The second-order valence-corrected chi connectivity index (χ2v) is 6.66. The average molecular weight is 273 g/mol. The summed E-state index contributed by atoms with van der Waals surface area (Å²) in [5.41, 5.74) is 1.39. The summed E-state index contributed by atoms with van der Waals surface area (Å²) >= 11 is 0. The van der Waals surface area contributed by atoms with Crippen LogP contribution in [-0.2, 0) is 0 Å². The minimum absolute atomic E-state index is 0.627. The molecule has 0 spiro atoms. The Hall–Kier alpha value is -1.02. The molecule has 1 unspecified atom stereocenters. The molecule has 1 atom stereocenters. The summed E-state index contributed by atoms with van der Waals surface area (Å²) in [6.07, 6.45) is 6.82. The van der Waals surface area contributed by atoms with Crippen LogP contribution in [0, 0.1) is 11.8 Å². The van der Waals surface area contributed by atoms with Gasteiger partial charge >= 0.3 is 0 Å². The van der Waals surface area contributed by atoms with Crippen molar-refractivity contribution in [3.8, 4) is 5.75 Å². The van der Waals surface area contributed by atoms with Crippen molar-refractivity contribution in [2.45, 2.75) is 44.9 Å². The van der Waals surface area contributed by atoms with E-state index in [0.29, 0.717) is 5.92 Å². The molecule has 0 saturated heterocycles. The van der Waals surface area contributed by atoms with Gasteiger partial charge in [0.25, 0.3) is 0 Å². The van der Waals surface area contributed by atoms with Gasteiger partial charge in [0.2, 0.25) is 0 Å². The van der Waals surface area contributed by atoms with E-state index in [2.05, 4.69) is 36.5 Å². The molecule has 3 rings (SSSR count). The maximum atomic E-state index is 5.73. The summed E-state index contributed by atoms with van der Waals surface area (Å²) in [4.78, 5) is 0. The Morgan fingerprint density at radius 2 is 1.85 bits per heavy atom. The van der Waals surface area contributed by atoms with Crippen LogP contribution in [0.1, 0.15) is 50.5 Å². The molecule has 1 aliphatic carbocycles. The molecule has 20 heavy (non-hydrogen) atoms. The topological polar surface area (TPSA) is 21.3 Å². The van der Waals surface area contributed by atoms with Crippen molar-refractivity contribution in [2.24, 2.45) is 11.8 Å². The summed E-state index contributed by atoms with van der Waals surface area (Å²) in [6, 6.07) is 8.52. The molecule has 0 radical (unpaired) electrons. The summed E-state index contributed by atoms with van der Waals surface area (Å²) in [5, 5.41) is 3.72. The maximum absolute atomic E-state index is 5.73. The molecule has 2 aliphatic rings. The molecule has 0 bridgehead atoms. The fourth-order valence-corrected chi connectivity index (χ4v) is 3.62. The highest BCUT2D eigenvalue weighted by molar-refractivity contribution is 5.37.